The molecule has 146 valence electrons. The van der Waals surface area contributed by atoms with Gasteiger partial charge >= 0.3 is 0 Å². The van der Waals surface area contributed by atoms with Crippen LogP contribution in [-0.4, -0.2) is 41.5 Å². The average molecular weight is 377 g/mol. The summed E-state index contributed by atoms with van der Waals surface area (Å²) in [7, 11) is 2.20. The van der Waals surface area contributed by atoms with Gasteiger partial charge in [0.1, 0.15) is 11.6 Å². The molecular weight excluding hydrogens is 348 g/mol. The molecule has 1 fully saturated rings. The largest absolute Gasteiger partial charge is 0.383 e. The molecule has 0 spiro atoms. The van der Waals surface area contributed by atoms with Crippen molar-refractivity contribution in [2.75, 3.05) is 43.0 Å². The maximum Gasteiger partial charge on any atom is 0.131 e. The Balaban J connectivity index is 1.38. The Morgan fingerprint density at radius 2 is 1.86 bits per heavy atom. The summed E-state index contributed by atoms with van der Waals surface area (Å²) >= 11 is 0. The Kier molecular flexibility index (Phi) is 5.58. The van der Waals surface area contributed by atoms with Crippen molar-refractivity contribution in [1.29, 1.82) is 0 Å². The number of nitrogens with two attached hydrogens (primary N) is 1. The minimum absolute atomic E-state index is 0.561. The van der Waals surface area contributed by atoms with Crippen LogP contribution in [0.3, 0.4) is 0 Å². The van der Waals surface area contributed by atoms with E-state index in [1.54, 1.807) is 6.20 Å². The van der Waals surface area contributed by atoms with Crippen molar-refractivity contribution < 1.29 is 0 Å². The Hall–Kier alpha value is -2.86. The third kappa shape index (κ3) is 4.34. The van der Waals surface area contributed by atoms with Crippen molar-refractivity contribution >= 4 is 28.1 Å². The van der Waals surface area contributed by atoms with E-state index < -0.39 is 0 Å². The number of anilines is 3. The summed E-state index contributed by atoms with van der Waals surface area (Å²) in [5, 5.41) is 9.11. The van der Waals surface area contributed by atoms with Crippen molar-refractivity contribution in [2.45, 2.75) is 19.4 Å². The third-order valence-corrected chi connectivity index (χ3v) is 5.55. The Bertz CT molecular complexity index is 933. The minimum Gasteiger partial charge on any atom is -0.383 e. The quantitative estimate of drug-likeness (QED) is 0.610. The second-order valence-corrected chi connectivity index (χ2v) is 7.63. The van der Waals surface area contributed by atoms with Crippen molar-refractivity contribution in [3.63, 3.8) is 0 Å². The zero-order chi connectivity index (χ0) is 19.3. The maximum absolute atomic E-state index is 6.00. The molecule has 0 aliphatic carbocycles. The predicted molar refractivity (Wildman–Crippen MR) is 116 cm³/mol. The fraction of sp³-hybridized carbons (Fsp3) is 0.364. The molecule has 3 aromatic rings. The molecular formula is C22H28N6. The lowest BCUT2D eigenvalue weighted by Crippen LogP contribution is -2.33. The molecule has 4 rings (SSSR count). The summed E-state index contributed by atoms with van der Waals surface area (Å²) < 4.78 is 0. The topological polar surface area (TPSA) is 79.1 Å². The molecule has 0 atom stereocenters. The van der Waals surface area contributed by atoms with Crippen LogP contribution in [0.15, 0.2) is 48.8 Å². The lowest BCUT2D eigenvalue weighted by atomic mass is 9.97. The van der Waals surface area contributed by atoms with Crippen molar-refractivity contribution in [2.24, 2.45) is 5.92 Å². The van der Waals surface area contributed by atoms with Gasteiger partial charge in [-0.3, -0.25) is 0 Å². The zero-order valence-electron chi connectivity index (χ0n) is 16.4. The van der Waals surface area contributed by atoms with E-state index in [2.05, 4.69) is 50.7 Å². The molecule has 0 radical (unpaired) electrons. The number of nitrogens with one attached hydrogen (secondary N) is 2. The first-order valence-corrected chi connectivity index (χ1v) is 9.93. The molecule has 6 nitrogen and oxygen atoms in total. The number of likely N-dealkylation sites (tertiary alicyclic amines) is 1. The van der Waals surface area contributed by atoms with Crippen LogP contribution >= 0.6 is 0 Å². The van der Waals surface area contributed by atoms with E-state index in [0.29, 0.717) is 5.82 Å². The molecule has 3 heterocycles. The fourth-order valence-electron chi connectivity index (χ4n) is 3.78. The van der Waals surface area contributed by atoms with E-state index in [1.165, 1.54) is 31.5 Å². The Labute approximate surface area is 166 Å². The minimum atomic E-state index is 0.561. The smallest absolute Gasteiger partial charge is 0.131 e. The van der Waals surface area contributed by atoms with Gasteiger partial charge in [0.05, 0.1) is 0 Å². The fourth-order valence-corrected chi connectivity index (χ4v) is 3.78. The number of nitrogens with zero attached hydrogens (tertiary/aromatic N) is 3. The number of hydrogen-bond acceptors (Lipinski definition) is 6. The van der Waals surface area contributed by atoms with Crippen LogP contribution in [0.4, 0.5) is 17.3 Å². The van der Waals surface area contributed by atoms with Crippen molar-refractivity contribution in [3.05, 3.63) is 54.4 Å². The lowest BCUT2D eigenvalue weighted by molar-refractivity contribution is 0.226. The molecule has 0 saturated carbocycles. The molecule has 1 aliphatic heterocycles. The van der Waals surface area contributed by atoms with E-state index in [-0.39, 0.29) is 0 Å². The molecule has 28 heavy (non-hydrogen) atoms. The van der Waals surface area contributed by atoms with Crippen LogP contribution in [0.1, 0.15) is 18.4 Å². The molecule has 1 saturated heterocycles. The van der Waals surface area contributed by atoms with Crippen LogP contribution in [-0.2, 0) is 6.54 Å². The summed E-state index contributed by atoms with van der Waals surface area (Å²) in [4.78, 5) is 11.1. The van der Waals surface area contributed by atoms with Gasteiger partial charge in [0.2, 0.25) is 0 Å². The summed E-state index contributed by atoms with van der Waals surface area (Å²) in [5.74, 6) is 2.24. The number of rotatable bonds is 6. The van der Waals surface area contributed by atoms with Gasteiger partial charge in [-0.15, -0.1) is 0 Å². The molecule has 0 bridgehead atoms. The standard InChI is InChI=1S/C22H28N6/c1-28-11-7-16(8-12-28)14-27-21-13-17(5-9-24-21)15-26-20-4-2-3-19-18(20)6-10-25-22(19)23/h2-6,9-10,13,16,26H,7-8,11-12,14-15H2,1H3,(H2,23,25)(H,24,27). The van der Waals surface area contributed by atoms with Gasteiger partial charge in [-0.05, 0) is 68.7 Å². The normalized spacial score (nSPS) is 15.6. The first kappa shape index (κ1) is 18.5. The van der Waals surface area contributed by atoms with Crippen molar-refractivity contribution in [3.8, 4) is 0 Å². The second-order valence-electron chi connectivity index (χ2n) is 7.63. The summed E-state index contributed by atoms with van der Waals surface area (Å²) in [6, 6.07) is 12.2. The van der Waals surface area contributed by atoms with Crippen molar-refractivity contribution in [1.82, 2.24) is 14.9 Å². The van der Waals surface area contributed by atoms with Gasteiger partial charge in [0.25, 0.3) is 0 Å². The van der Waals surface area contributed by atoms with Gasteiger partial charge in [-0.1, -0.05) is 12.1 Å². The molecule has 6 heteroatoms. The van der Waals surface area contributed by atoms with Crippen LogP contribution in [0.5, 0.6) is 0 Å². The van der Waals surface area contributed by atoms with E-state index in [0.717, 1.165) is 41.3 Å². The van der Waals surface area contributed by atoms with E-state index in [1.807, 2.05) is 24.4 Å². The molecule has 1 aromatic carbocycles. The molecule has 0 unspecified atom stereocenters. The van der Waals surface area contributed by atoms with E-state index in [9.17, 15) is 0 Å². The predicted octanol–water partition coefficient (Wildman–Crippen LogP) is 3.58. The molecule has 2 aromatic heterocycles. The Morgan fingerprint density at radius 1 is 1.04 bits per heavy atom. The van der Waals surface area contributed by atoms with Gasteiger partial charge in [-0.2, -0.15) is 0 Å². The first-order valence-electron chi connectivity index (χ1n) is 9.93. The van der Waals surface area contributed by atoms with Gasteiger partial charge < -0.3 is 21.3 Å². The summed E-state index contributed by atoms with van der Waals surface area (Å²) in [6.07, 6.45) is 6.13. The number of fused-ring (bicyclic) bond motifs is 1. The lowest BCUT2D eigenvalue weighted by Gasteiger charge is -2.29. The number of nitrogen functional groups attached to an aromatic ring is 1. The SMILES string of the molecule is CN1CCC(CNc2cc(CNc3cccc4c(N)nccc34)ccn2)CC1. The molecule has 0 amide bonds. The second kappa shape index (κ2) is 8.44. The van der Waals surface area contributed by atoms with Crippen LogP contribution in [0, 0.1) is 5.92 Å². The van der Waals surface area contributed by atoms with Gasteiger partial charge in [-0.25, -0.2) is 9.97 Å². The summed E-state index contributed by atoms with van der Waals surface area (Å²) in [5.41, 5.74) is 8.25. The average Bonchev–Trinajstić information content (AvgIpc) is 2.72. The van der Waals surface area contributed by atoms with E-state index in [4.69, 9.17) is 5.73 Å². The highest BCUT2D eigenvalue weighted by Gasteiger charge is 2.16. The first-order chi connectivity index (χ1) is 13.7. The number of piperidine rings is 1. The number of aromatic nitrogens is 2. The summed E-state index contributed by atoms with van der Waals surface area (Å²) in [6.45, 7) is 4.10. The zero-order valence-corrected chi connectivity index (χ0v) is 16.4. The molecule has 4 N–H and O–H groups in total. The Morgan fingerprint density at radius 3 is 2.71 bits per heavy atom. The maximum atomic E-state index is 6.00. The number of benzene rings is 1. The van der Waals surface area contributed by atoms with Gasteiger partial charge in [0.15, 0.2) is 0 Å². The van der Waals surface area contributed by atoms with Crippen LogP contribution in [0.25, 0.3) is 10.8 Å². The van der Waals surface area contributed by atoms with Crippen LogP contribution in [0.2, 0.25) is 0 Å². The number of hydrogen-bond donors (Lipinski definition) is 3. The highest BCUT2D eigenvalue weighted by Crippen LogP contribution is 2.26. The highest BCUT2D eigenvalue weighted by molar-refractivity contribution is 5.99. The third-order valence-electron chi connectivity index (χ3n) is 5.55. The monoisotopic (exact) mass is 376 g/mol. The van der Waals surface area contributed by atoms with Crippen LogP contribution < -0.4 is 16.4 Å². The van der Waals surface area contributed by atoms with E-state index >= 15 is 0 Å². The number of pyridine rings is 2. The van der Waals surface area contributed by atoms with Gasteiger partial charge in [0, 0.05) is 41.9 Å². The highest BCUT2D eigenvalue weighted by atomic mass is 15.1. The molecule has 1 aliphatic rings.